The van der Waals surface area contributed by atoms with E-state index in [9.17, 15) is 14.4 Å². The number of benzene rings is 2. The van der Waals surface area contributed by atoms with Crippen LogP contribution in [-0.4, -0.2) is 89.0 Å². The Hall–Kier alpha value is -3.84. The zero-order chi connectivity index (χ0) is 31.5. The molecule has 2 aromatic carbocycles. The van der Waals surface area contributed by atoms with Crippen LogP contribution in [0.1, 0.15) is 24.0 Å². The van der Waals surface area contributed by atoms with Crippen LogP contribution in [0.15, 0.2) is 69.7 Å². The van der Waals surface area contributed by atoms with E-state index in [1.807, 2.05) is 64.4 Å². The second kappa shape index (κ2) is 13.7. The van der Waals surface area contributed by atoms with Gasteiger partial charge in [-0.15, -0.1) is 0 Å². The van der Waals surface area contributed by atoms with Crippen LogP contribution in [-0.2, 0) is 17.8 Å². The lowest BCUT2D eigenvalue weighted by molar-refractivity contribution is -0.133. The number of para-hydroxylation sites is 1. The number of hydrogen-bond donors (Lipinski definition) is 3. The van der Waals surface area contributed by atoms with Crippen molar-refractivity contribution in [1.82, 2.24) is 25.0 Å². The first-order valence-electron chi connectivity index (χ1n) is 15.2. The van der Waals surface area contributed by atoms with Gasteiger partial charge >= 0.3 is 12.1 Å². The minimum Gasteiger partial charge on any atom is -0.397 e. The summed E-state index contributed by atoms with van der Waals surface area (Å²) in [6.45, 7) is 3.91. The maximum atomic E-state index is 14.0. The number of hydrogen-bond acceptors (Lipinski definition) is 6. The molecule has 1 atom stereocenters. The molecule has 3 aliphatic heterocycles. The van der Waals surface area contributed by atoms with Crippen molar-refractivity contribution in [3.63, 3.8) is 0 Å². The van der Waals surface area contributed by atoms with Gasteiger partial charge in [-0.05, 0) is 86.2 Å². The molecular weight excluding hydrogens is 704 g/mol. The minimum atomic E-state index is -0.761. The number of piperidine rings is 1. The Labute approximate surface area is 279 Å². The first kappa shape index (κ1) is 31.2. The summed E-state index contributed by atoms with van der Waals surface area (Å²) in [7, 11) is 0. The standard InChI is InChI=1S/C32H36Br2N8O3/c33-24-17-21(18-25(34)29(24)35)19-27(30(43)40-15-13-39(14-16-40)28-7-3-4-10-36-28)38-31(44)41-11-8-23(9-12-41)42-20-22-5-1-2-6-26(22)37-32(42)45/h1-7,10,17-18,23,27H,8-9,11-16,19-20,35H2,(H,37,45)(H,38,44)/t27-/m1/s1. The molecule has 4 N–H and O–H groups in total. The number of carbonyl (C=O) groups is 3. The smallest absolute Gasteiger partial charge is 0.322 e. The highest BCUT2D eigenvalue weighted by Gasteiger charge is 2.35. The first-order valence-corrected chi connectivity index (χ1v) is 16.7. The van der Waals surface area contributed by atoms with E-state index < -0.39 is 6.04 Å². The van der Waals surface area contributed by atoms with Gasteiger partial charge in [-0.2, -0.15) is 0 Å². The van der Waals surface area contributed by atoms with Crippen molar-refractivity contribution in [2.24, 2.45) is 0 Å². The quantitative estimate of drug-likeness (QED) is 0.316. The fraction of sp³-hybridized carbons (Fsp3) is 0.375. The lowest BCUT2D eigenvalue weighted by atomic mass is 10.0. The summed E-state index contributed by atoms with van der Waals surface area (Å²) in [6, 6.07) is 16.3. The summed E-state index contributed by atoms with van der Waals surface area (Å²) in [5, 5.41) is 6.05. The molecule has 0 bridgehead atoms. The van der Waals surface area contributed by atoms with Crippen LogP contribution in [0.5, 0.6) is 0 Å². The lowest BCUT2D eigenvalue weighted by Gasteiger charge is -2.41. The molecule has 0 spiro atoms. The monoisotopic (exact) mass is 738 g/mol. The van der Waals surface area contributed by atoms with Crippen LogP contribution in [0.4, 0.5) is 26.8 Å². The Balaban J connectivity index is 1.11. The Morgan fingerprint density at radius 1 is 0.956 bits per heavy atom. The third-order valence-corrected chi connectivity index (χ3v) is 10.1. The van der Waals surface area contributed by atoms with Gasteiger partial charge in [0.1, 0.15) is 11.9 Å². The second-order valence-corrected chi connectivity index (χ2v) is 13.3. The van der Waals surface area contributed by atoms with E-state index in [-0.39, 0.29) is 24.0 Å². The van der Waals surface area contributed by atoms with Crippen molar-refractivity contribution >= 4 is 67.0 Å². The number of nitrogens with two attached hydrogens (primary N) is 1. The molecule has 6 rings (SSSR count). The highest BCUT2D eigenvalue weighted by molar-refractivity contribution is 9.11. The number of piperazine rings is 1. The zero-order valence-corrected chi connectivity index (χ0v) is 28.0. The fourth-order valence-electron chi connectivity index (χ4n) is 6.25. The lowest BCUT2D eigenvalue weighted by Crippen LogP contribution is -2.58. The van der Waals surface area contributed by atoms with Crippen molar-refractivity contribution in [2.45, 2.75) is 37.9 Å². The van der Waals surface area contributed by atoms with E-state index in [2.05, 4.69) is 52.4 Å². The summed E-state index contributed by atoms with van der Waals surface area (Å²) in [5.74, 6) is 0.771. The van der Waals surface area contributed by atoms with Crippen molar-refractivity contribution < 1.29 is 14.4 Å². The van der Waals surface area contributed by atoms with Gasteiger partial charge in [0.05, 0.1) is 5.69 Å². The summed E-state index contributed by atoms with van der Waals surface area (Å²) in [5.41, 5.74) is 9.49. The molecule has 3 aromatic rings. The Morgan fingerprint density at radius 3 is 2.33 bits per heavy atom. The fourth-order valence-corrected chi connectivity index (χ4v) is 7.53. The number of halogens is 2. The number of anilines is 3. The second-order valence-electron chi connectivity index (χ2n) is 11.6. The van der Waals surface area contributed by atoms with Gasteiger partial charge < -0.3 is 36.0 Å². The van der Waals surface area contributed by atoms with Crippen LogP contribution >= 0.6 is 31.9 Å². The molecule has 0 aliphatic carbocycles. The number of carbonyl (C=O) groups excluding carboxylic acids is 3. The Kier molecular flexibility index (Phi) is 9.45. The molecule has 13 heteroatoms. The molecule has 45 heavy (non-hydrogen) atoms. The molecule has 2 saturated heterocycles. The van der Waals surface area contributed by atoms with E-state index >= 15 is 0 Å². The normalized spacial score (nSPS) is 17.9. The van der Waals surface area contributed by atoms with E-state index in [0.29, 0.717) is 70.8 Å². The predicted molar refractivity (Wildman–Crippen MR) is 181 cm³/mol. The third kappa shape index (κ3) is 7.04. The molecule has 11 nitrogen and oxygen atoms in total. The van der Waals surface area contributed by atoms with Gasteiger partial charge in [0.15, 0.2) is 0 Å². The molecule has 1 aromatic heterocycles. The van der Waals surface area contributed by atoms with E-state index in [1.54, 1.807) is 11.1 Å². The summed E-state index contributed by atoms with van der Waals surface area (Å²) in [4.78, 5) is 52.5. The number of aromatic nitrogens is 1. The maximum Gasteiger partial charge on any atom is 0.322 e. The van der Waals surface area contributed by atoms with Crippen molar-refractivity contribution in [1.29, 1.82) is 0 Å². The molecule has 0 saturated carbocycles. The number of likely N-dealkylation sites (tertiary alicyclic amines) is 1. The van der Waals surface area contributed by atoms with Gasteiger partial charge in [0.2, 0.25) is 5.91 Å². The molecule has 2 fully saturated rings. The van der Waals surface area contributed by atoms with Crippen molar-refractivity contribution in [2.75, 3.05) is 55.2 Å². The summed E-state index contributed by atoms with van der Waals surface area (Å²) in [6.07, 6.45) is 3.40. The molecule has 5 amide bonds. The number of urea groups is 2. The molecular formula is C32H36Br2N8O3. The molecule has 0 radical (unpaired) electrons. The Morgan fingerprint density at radius 2 is 1.64 bits per heavy atom. The topological polar surface area (TPSA) is 127 Å². The predicted octanol–water partition coefficient (Wildman–Crippen LogP) is 4.67. The largest absolute Gasteiger partial charge is 0.397 e. The number of fused-ring (bicyclic) bond motifs is 1. The van der Waals surface area contributed by atoms with E-state index in [1.165, 1.54) is 0 Å². The van der Waals surface area contributed by atoms with Crippen molar-refractivity contribution in [3.05, 3.63) is 80.9 Å². The summed E-state index contributed by atoms with van der Waals surface area (Å²) >= 11 is 7.01. The maximum absolute atomic E-state index is 14.0. The van der Waals surface area contributed by atoms with E-state index in [4.69, 9.17) is 5.73 Å². The molecule has 4 heterocycles. The Bertz CT molecular complexity index is 1540. The first-order chi connectivity index (χ1) is 21.8. The van der Waals surface area contributed by atoms with Gasteiger partial charge in [-0.3, -0.25) is 4.79 Å². The molecule has 3 aliphatic rings. The number of nitrogen functional groups attached to an aromatic ring is 1. The number of amides is 5. The number of rotatable bonds is 6. The number of nitrogens with zero attached hydrogens (tertiary/aromatic N) is 5. The van der Waals surface area contributed by atoms with Crippen LogP contribution < -0.4 is 21.3 Å². The van der Waals surface area contributed by atoms with Gasteiger partial charge in [-0.25, -0.2) is 14.6 Å². The van der Waals surface area contributed by atoms with Crippen LogP contribution in [0, 0.1) is 0 Å². The molecule has 236 valence electrons. The number of nitrogens with one attached hydrogen (secondary N) is 2. The molecule has 0 unspecified atom stereocenters. The minimum absolute atomic E-state index is 0.0275. The highest BCUT2D eigenvalue weighted by Crippen LogP contribution is 2.31. The van der Waals surface area contributed by atoms with Gasteiger partial charge in [0.25, 0.3) is 0 Å². The zero-order valence-electron chi connectivity index (χ0n) is 24.8. The number of pyridine rings is 1. The third-order valence-electron chi connectivity index (χ3n) is 8.79. The van der Waals surface area contributed by atoms with Crippen LogP contribution in [0.2, 0.25) is 0 Å². The van der Waals surface area contributed by atoms with Crippen LogP contribution in [0.25, 0.3) is 0 Å². The summed E-state index contributed by atoms with van der Waals surface area (Å²) < 4.78 is 1.44. The van der Waals surface area contributed by atoms with Gasteiger partial charge in [-0.1, -0.05) is 24.3 Å². The van der Waals surface area contributed by atoms with Crippen molar-refractivity contribution in [3.8, 4) is 0 Å². The van der Waals surface area contributed by atoms with Gasteiger partial charge in [0, 0.05) is 79.1 Å². The van der Waals surface area contributed by atoms with Crippen LogP contribution in [0.3, 0.4) is 0 Å². The average molecular weight is 741 g/mol. The van der Waals surface area contributed by atoms with E-state index in [0.717, 1.165) is 31.6 Å². The SMILES string of the molecule is Nc1c(Br)cc(C[C@@H](NC(=O)N2CCC(N3Cc4ccccc4NC3=O)CC2)C(=O)N2CCN(c3ccccn3)CC2)cc1Br. The highest BCUT2D eigenvalue weighted by atomic mass is 79.9. The average Bonchev–Trinajstić information content (AvgIpc) is 3.06.